The van der Waals surface area contributed by atoms with E-state index in [0.717, 1.165) is 0 Å². The molecule has 0 radical (unpaired) electrons. The van der Waals surface area contributed by atoms with Gasteiger partial charge in [-0.15, -0.1) is 0 Å². The summed E-state index contributed by atoms with van der Waals surface area (Å²) in [4.78, 5) is 25.0. The molecule has 0 aliphatic carbocycles. The highest BCUT2D eigenvalue weighted by molar-refractivity contribution is 5.89. The normalized spacial score (nSPS) is 31.0. The number of ether oxygens (including phenoxy) is 1. The molecule has 2 fully saturated rings. The number of rotatable bonds is 2. The van der Waals surface area contributed by atoms with Crippen molar-refractivity contribution in [1.29, 1.82) is 0 Å². The van der Waals surface area contributed by atoms with Crippen LogP contribution in [-0.2, 0) is 14.3 Å². The van der Waals surface area contributed by atoms with Crippen LogP contribution >= 0.6 is 0 Å². The van der Waals surface area contributed by atoms with Gasteiger partial charge in [0.2, 0.25) is 11.8 Å². The predicted octanol–water partition coefficient (Wildman–Crippen LogP) is -0.370. The zero-order valence-corrected chi connectivity index (χ0v) is 11.4. The van der Waals surface area contributed by atoms with Gasteiger partial charge in [0.05, 0.1) is 25.2 Å². The highest BCUT2D eigenvalue weighted by Crippen LogP contribution is 2.32. The van der Waals surface area contributed by atoms with Crippen LogP contribution in [0.2, 0.25) is 0 Å². The summed E-state index contributed by atoms with van der Waals surface area (Å²) in [5, 5.41) is 2.63. The molecule has 0 bridgehead atoms. The van der Waals surface area contributed by atoms with E-state index in [1.807, 2.05) is 0 Å². The van der Waals surface area contributed by atoms with Crippen LogP contribution in [0.5, 0.6) is 0 Å². The summed E-state index contributed by atoms with van der Waals surface area (Å²) < 4.78 is 42.8. The Labute approximate surface area is 119 Å². The Balaban J connectivity index is 1.96. The molecule has 6 nitrogen and oxygen atoms in total. The first-order valence-electron chi connectivity index (χ1n) is 6.78. The van der Waals surface area contributed by atoms with Crippen LogP contribution in [-0.4, -0.2) is 61.3 Å². The second-order valence-electron chi connectivity index (χ2n) is 5.30. The van der Waals surface area contributed by atoms with E-state index in [-0.39, 0.29) is 45.1 Å². The number of piperidine rings is 1. The zero-order chi connectivity index (χ0) is 15.6. The molecule has 0 aromatic rings. The van der Waals surface area contributed by atoms with Crippen LogP contribution in [0.1, 0.15) is 12.8 Å². The minimum atomic E-state index is -4.25. The summed E-state index contributed by atoms with van der Waals surface area (Å²) in [7, 11) is 0. The SMILES string of the molecule is NC(=O)C1COCCN1C(=O)C1CCC(C(F)(F)F)CN1. The van der Waals surface area contributed by atoms with Crippen molar-refractivity contribution in [3.8, 4) is 0 Å². The average Bonchev–Trinajstić information content (AvgIpc) is 2.45. The Kier molecular flexibility index (Phi) is 4.72. The number of morpholine rings is 1. The Morgan fingerprint density at radius 3 is 2.52 bits per heavy atom. The van der Waals surface area contributed by atoms with E-state index in [2.05, 4.69) is 5.32 Å². The monoisotopic (exact) mass is 309 g/mol. The van der Waals surface area contributed by atoms with Crippen molar-refractivity contribution >= 4 is 11.8 Å². The molecule has 2 aliphatic rings. The van der Waals surface area contributed by atoms with Gasteiger partial charge in [-0.1, -0.05) is 0 Å². The molecule has 2 rings (SSSR count). The summed E-state index contributed by atoms with van der Waals surface area (Å²) in [5.41, 5.74) is 5.22. The summed E-state index contributed by atoms with van der Waals surface area (Å²) in [6.45, 7) is 0.241. The highest BCUT2D eigenvalue weighted by Gasteiger charge is 2.44. The van der Waals surface area contributed by atoms with Crippen LogP contribution in [0, 0.1) is 5.92 Å². The van der Waals surface area contributed by atoms with Gasteiger partial charge in [-0.05, 0) is 12.8 Å². The molecule has 2 aliphatic heterocycles. The van der Waals surface area contributed by atoms with E-state index >= 15 is 0 Å². The van der Waals surface area contributed by atoms with E-state index in [4.69, 9.17) is 10.5 Å². The molecule has 0 aromatic heterocycles. The Hall–Kier alpha value is -1.35. The van der Waals surface area contributed by atoms with Gasteiger partial charge in [0.1, 0.15) is 6.04 Å². The number of amides is 2. The molecule has 2 heterocycles. The number of halogens is 3. The molecule has 0 saturated carbocycles. The lowest BCUT2D eigenvalue weighted by molar-refractivity contribution is -0.181. The van der Waals surface area contributed by atoms with Crippen LogP contribution in [0.4, 0.5) is 13.2 Å². The molecule has 3 atom stereocenters. The zero-order valence-electron chi connectivity index (χ0n) is 11.4. The first kappa shape index (κ1) is 16.0. The summed E-state index contributed by atoms with van der Waals surface area (Å²) >= 11 is 0. The number of nitrogens with two attached hydrogens (primary N) is 1. The van der Waals surface area contributed by atoms with Crippen molar-refractivity contribution in [1.82, 2.24) is 10.2 Å². The number of carbonyl (C=O) groups excluding carboxylic acids is 2. The van der Waals surface area contributed by atoms with Crippen molar-refractivity contribution in [2.45, 2.75) is 31.1 Å². The molecule has 9 heteroatoms. The number of nitrogens with zero attached hydrogens (tertiary/aromatic N) is 1. The van der Waals surface area contributed by atoms with Crippen molar-refractivity contribution < 1.29 is 27.5 Å². The molecule has 21 heavy (non-hydrogen) atoms. The van der Waals surface area contributed by atoms with E-state index in [1.165, 1.54) is 4.90 Å². The standard InChI is InChI=1S/C12H18F3N3O3/c13-12(14,15)7-1-2-8(17-5-7)11(20)18-3-4-21-6-9(18)10(16)19/h7-9,17H,1-6H2,(H2,16,19). The van der Waals surface area contributed by atoms with Crippen LogP contribution in [0.25, 0.3) is 0 Å². The predicted molar refractivity (Wildman–Crippen MR) is 66.1 cm³/mol. The molecule has 0 spiro atoms. The fraction of sp³-hybridized carbons (Fsp3) is 0.833. The number of hydrogen-bond donors (Lipinski definition) is 2. The van der Waals surface area contributed by atoms with Crippen molar-refractivity contribution in [3.63, 3.8) is 0 Å². The molecular weight excluding hydrogens is 291 g/mol. The maximum atomic E-state index is 12.6. The Bertz CT molecular complexity index is 408. The number of nitrogens with one attached hydrogen (secondary N) is 1. The first-order chi connectivity index (χ1) is 9.80. The largest absolute Gasteiger partial charge is 0.393 e. The molecule has 2 amide bonds. The lowest BCUT2D eigenvalue weighted by Crippen LogP contribution is -2.60. The number of primary amides is 1. The maximum absolute atomic E-state index is 12.6. The van der Waals surface area contributed by atoms with E-state index in [9.17, 15) is 22.8 Å². The molecule has 3 N–H and O–H groups in total. The van der Waals surface area contributed by atoms with Crippen molar-refractivity contribution in [2.24, 2.45) is 11.7 Å². The minimum absolute atomic E-state index is 0.0268. The van der Waals surface area contributed by atoms with E-state index < -0.39 is 30.1 Å². The molecular formula is C12H18F3N3O3. The number of hydrogen-bond acceptors (Lipinski definition) is 4. The number of carbonyl (C=O) groups is 2. The highest BCUT2D eigenvalue weighted by atomic mass is 19.4. The van der Waals surface area contributed by atoms with E-state index in [1.54, 1.807) is 0 Å². The van der Waals surface area contributed by atoms with Gasteiger partial charge in [-0.2, -0.15) is 13.2 Å². The summed E-state index contributed by atoms with van der Waals surface area (Å²) in [6.07, 6.45) is -4.26. The third kappa shape index (κ3) is 3.65. The lowest BCUT2D eigenvalue weighted by atomic mass is 9.93. The van der Waals surface area contributed by atoms with Gasteiger partial charge in [0.25, 0.3) is 0 Å². The fourth-order valence-electron chi connectivity index (χ4n) is 2.65. The lowest BCUT2D eigenvalue weighted by Gasteiger charge is -2.38. The van der Waals surface area contributed by atoms with Crippen LogP contribution < -0.4 is 11.1 Å². The van der Waals surface area contributed by atoms with Gasteiger partial charge in [-0.3, -0.25) is 9.59 Å². The van der Waals surface area contributed by atoms with Gasteiger partial charge in [0.15, 0.2) is 0 Å². The summed E-state index contributed by atoms with van der Waals surface area (Å²) in [5.74, 6) is -2.49. The molecule has 3 unspecified atom stereocenters. The van der Waals surface area contributed by atoms with Crippen molar-refractivity contribution in [3.05, 3.63) is 0 Å². The quantitative estimate of drug-likeness (QED) is 0.729. The van der Waals surface area contributed by atoms with Crippen LogP contribution in [0.3, 0.4) is 0 Å². The third-order valence-corrected chi connectivity index (χ3v) is 3.92. The summed E-state index contributed by atoms with van der Waals surface area (Å²) in [6, 6.07) is -1.56. The van der Waals surface area contributed by atoms with Gasteiger partial charge < -0.3 is 20.7 Å². The Morgan fingerprint density at radius 2 is 2.00 bits per heavy atom. The van der Waals surface area contributed by atoms with E-state index in [0.29, 0.717) is 0 Å². The first-order valence-corrected chi connectivity index (χ1v) is 6.78. The topological polar surface area (TPSA) is 84.7 Å². The van der Waals surface area contributed by atoms with Gasteiger partial charge >= 0.3 is 6.18 Å². The third-order valence-electron chi connectivity index (χ3n) is 3.92. The van der Waals surface area contributed by atoms with Gasteiger partial charge in [-0.25, -0.2) is 0 Å². The molecule has 120 valence electrons. The second kappa shape index (κ2) is 6.18. The number of alkyl halides is 3. The minimum Gasteiger partial charge on any atom is -0.377 e. The molecule has 0 aromatic carbocycles. The average molecular weight is 309 g/mol. The smallest absolute Gasteiger partial charge is 0.377 e. The Morgan fingerprint density at radius 1 is 1.29 bits per heavy atom. The molecule has 2 saturated heterocycles. The fourth-order valence-corrected chi connectivity index (χ4v) is 2.65. The maximum Gasteiger partial charge on any atom is 0.393 e. The second-order valence-corrected chi connectivity index (χ2v) is 5.30. The van der Waals surface area contributed by atoms with Crippen LogP contribution in [0.15, 0.2) is 0 Å². The van der Waals surface area contributed by atoms with Gasteiger partial charge in [0, 0.05) is 13.1 Å². The van der Waals surface area contributed by atoms with Crippen molar-refractivity contribution in [2.75, 3.05) is 26.3 Å².